The average molecular weight is 468 g/mol. The molecule has 0 aliphatic carbocycles. The Morgan fingerprint density at radius 3 is 2.40 bits per heavy atom. The van der Waals surface area contributed by atoms with Crippen molar-refractivity contribution in [1.82, 2.24) is 4.90 Å². The minimum Gasteiger partial charge on any atom is -0.507 e. The van der Waals surface area contributed by atoms with Crippen molar-refractivity contribution in [2.24, 2.45) is 0 Å². The van der Waals surface area contributed by atoms with Crippen LogP contribution >= 0.6 is 15.9 Å². The lowest BCUT2D eigenvalue weighted by atomic mass is 9.99. The van der Waals surface area contributed by atoms with E-state index in [4.69, 9.17) is 9.15 Å². The molecular weight excluding hydrogens is 450 g/mol. The predicted octanol–water partition coefficient (Wildman–Crippen LogP) is 4.67. The van der Waals surface area contributed by atoms with Crippen LogP contribution in [0.15, 0.2) is 81.4 Å². The van der Waals surface area contributed by atoms with Crippen molar-refractivity contribution in [2.45, 2.75) is 12.6 Å². The summed E-state index contributed by atoms with van der Waals surface area (Å²) in [5.41, 5.74) is 1.26. The first-order valence-corrected chi connectivity index (χ1v) is 9.99. The van der Waals surface area contributed by atoms with E-state index in [0.29, 0.717) is 17.1 Å². The number of aliphatic hydroxyl groups is 1. The molecule has 0 radical (unpaired) electrons. The molecular formula is C23H18BrNO5. The van der Waals surface area contributed by atoms with Crippen LogP contribution < -0.4 is 4.74 Å². The molecule has 0 spiro atoms. The smallest absolute Gasteiger partial charge is 0.296 e. The first-order valence-electron chi connectivity index (χ1n) is 9.20. The number of Topliss-reactive ketones (excluding diaryl/α,β-unsaturated/α-hetero) is 1. The van der Waals surface area contributed by atoms with Crippen molar-refractivity contribution in [3.63, 3.8) is 0 Å². The van der Waals surface area contributed by atoms with Gasteiger partial charge in [0.15, 0.2) is 0 Å². The Hall–Kier alpha value is -3.32. The van der Waals surface area contributed by atoms with Crippen LogP contribution in [0.3, 0.4) is 0 Å². The fourth-order valence-corrected chi connectivity index (χ4v) is 3.74. The Morgan fingerprint density at radius 2 is 1.80 bits per heavy atom. The molecule has 152 valence electrons. The van der Waals surface area contributed by atoms with E-state index in [1.54, 1.807) is 55.6 Å². The van der Waals surface area contributed by atoms with Crippen molar-refractivity contribution >= 4 is 33.4 Å². The number of hydrogen-bond donors (Lipinski definition) is 1. The third-order valence-corrected chi connectivity index (χ3v) is 5.51. The SMILES string of the molecule is COc1ccc(CN2C(=O)C(=O)/C(=C(\O)c3ccc(Br)cc3)C2c2ccco2)cc1. The highest BCUT2D eigenvalue weighted by Gasteiger charge is 2.47. The Labute approximate surface area is 181 Å². The van der Waals surface area contributed by atoms with E-state index in [-0.39, 0.29) is 17.9 Å². The van der Waals surface area contributed by atoms with E-state index < -0.39 is 17.7 Å². The van der Waals surface area contributed by atoms with Gasteiger partial charge in [-0.05, 0) is 42.0 Å². The molecule has 1 fully saturated rings. The Bertz CT molecular complexity index is 1100. The lowest BCUT2D eigenvalue weighted by molar-refractivity contribution is -0.140. The molecule has 1 aliphatic heterocycles. The monoisotopic (exact) mass is 467 g/mol. The average Bonchev–Trinajstić information content (AvgIpc) is 3.37. The highest BCUT2D eigenvalue weighted by atomic mass is 79.9. The van der Waals surface area contributed by atoms with Gasteiger partial charge in [0, 0.05) is 16.6 Å². The molecule has 30 heavy (non-hydrogen) atoms. The minimum absolute atomic E-state index is 0.00536. The van der Waals surface area contributed by atoms with E-state index in [9.17, 15) is 14.7 Å². The van der Waals surface area contributed by atoms with Gasteiger partial charge in [0.2, 0.25) is 0 Å². The standard InChI is InChI=1S/C23H18BrNO5/c1-29-17-10-4-14(5-11-17)13-25-20(18-3-2-12-30-18)19(22(27)23(25)28)21(26)15-6-8-16(24)9-7-15/h2-12,20,26H,13H2,1H3/b21-19-. The number of likely N-dealkylation sites (tertiary alicyclic amines) is 1. The van der Waals surface area contributed by atoms with E-state index in [2.05, 4.69) is 15.9 Å². The zero-order valence-corrected chi connectivity index (χ0v) is 17.6. The summed E-state index contributed by atoms with van der Waals surface area (Å²) in [5, 5.41) is 10.9. The lowest BCUT2D eigenvalue weighted by Gasteiger charge is -2.23. The van der Waals surface area contributed by atoms with Crippen LogP contribution in [0.2, 0.25) is 0 Å². The molecule has 0 bridgehead atoms. The molecule has 6 nitrogen and oxygen atoms in total. The summed E-state index contributed by atoms with van der Waals surface area (Å²) in [6, 6.07) is 16.6. The number of aliphatic hydroxyl groups excluding tert-OH is 1. The van der Waals surface area contributed by atoms with Crippen LogP contribution in [0.1, 0.15) is 22.9 Å². The summed E-state index contributed by atoms with van der Waals surface area (Å²) in [5.74, 6) is -0.573. The van der Waals surface area contributed by atoms with E-state index in [1.807, 2.05) is 12.1 Å². The highest BCUT2D eigenvalue weighted by Crippen LogP contribution is 2.40. The molecule has 7 heteroatoms. The summed E-state index contributed by atoms with van der Waals surface area (Å²) in [6.45, 7) is 0.178. The first kappa shape index (κ1) is 20.0. The van der Waals surface area contributed by atoms with Crippen LogP contribution in [-0.2, 0) is 16.1 Å². The zero-order chi connectivity index (χ0) is 21.3. The molecule has 1 amide bonds. The number of rotatable bonds is 5. The van der Waals surface area contributed by atoms with Crippen LogP contribution in [0.5, 0.6) is 5.75 Å². The number of benzene rings is 2. The van der Waals surface area contributed by atoms with E-state index in [0.717, 1.165) is 10.0 Å². The second kappa shape index (κ2) is 8.20. The van der Waals surface area contributed by atoms with Gasteiger partial charge in [-0.3, -0.25) is 9.59 Å². The number of halogens is 1. The van der Waals surface area contributed by atoms with E-state index in [1.165, 1.54) is 11.2 Å². The fourth-order valence-electron chi connectivity index (χ4n) is 3.48. The van der Waals surface area contributed by atoms with Gasteiger partial charge in [-0.25, -0.2) is 0 Å². The Balaban J connectivity index is 1.78. The van der Waals surface area contributed by atoms with Crippen molar-refractivity contribution in [3.05, 3.63) is 93.9 Å². The number of ether oxygens (including phenoxy) is 1. The van der Waals surface area contributed by atoms with Gasteiger partial charge in [-0.2, -0.15) is 0 Å². The molecule has 3 aromatic rings. The molecule has 1 unspecified atom stereocenters. The van der Waals surface area contributed by atoms with Gasteiger partial charge in [-0.1, -0.05) is 40.2 Å². The second-order valence-electron chi connectivity index (χ2n) is 6.80. The summed E-state index contributed by atoms with van der Waals surface area (Å²) >= 11 is 3.35. The van der Waals surface area contributed by atoms with Gasteiger partial charge in [0.1, 0.15) is 23.3 Å². The number of amides is 1. The third kappa shape index (κ3) is 3.64. The minimum atomic E-state index is -0.828. The molecule has 1 aromatic heterocycles. The van der Waals surface area contributed by atoms with Crippen LogP contribution in [-0.4, -0.2) is 28.8 Å². The summed E-state index contributed by atoms with van der Waals surface area (Å²) in [6.07, 6.45) is 1.47. The normalized spacial score (nSPS) is 18.1. The predicted molar refractivity (Wildman–Crippen MR) is 114 cm³/mol. The molecule has 2 heterocycles. The van der Waals surface area contributed by atoms with Gasteiger partial charge in [0.25, 0.3) is 11.7 Å². The Morgan fingerprint density at radius 1 is 1.10 bits per heavy atom. The van der Waals surface area contributed by atoms with Crippen molar-refractivity contribution in [3.8, 4) is 5.75 Å². The maximum atomic E-state index is 12.9. The quantitative estimate of drug-likeness (QED) is 0.335. The number of nitrogens with zero attached hydrogens (tertiary/aromatic N) is 1. The third-order valence-electron chi connectivity index (χ3n) is 4.98. The summed E-state index contributed by atoms with van der Waals surface area (Å²) < 4.78 is 11.5. The fraction of sp³-hybridized carbons (Fsp3) is 0.130. The number of carbonyl (C=O) groups is 2. The number of ketones is 1. The molecule has 1 N–H and O–H groups in total. The number of furan rings is 1. The molecule has 1 aliphatic rings. The number of carbonyl (C=O) groups excluding carboxylic acids is 2. The second-order valence-corrected chi connectivity index (χ2v) is 7.71. The van der Waals surface area contributed by atoms with Gasteiger partial charge in [0.05, 0.1) is 18.9 Å². The Kier molecular flexibility index (Phi) is 5.46. The van der Waals surface area contributed by atoms with Gasteiger partial charge >= 0.3 is 0 Å². The first-order chi connectivity index (χ1) is 14.5. The molecule has 1 atom stereocenters. The maximum Gasteiger partial charge on any atom is 0.296 e. The summed E-state index contributed by atoms with van der Waals surface area (Å²) in [4.78, 5) is 27.2. The number of methoxy groups -OCH3 is 1. The molecule has 2 aromatic carbocycles. The van der Waals surface area contributed by atoms with E-state index >= 15 is 0 Å². The number of hydrogen-bond acceptors (Lipinski definition) is 5. The highest BCUT2D eigenvalue weighted by molar-refractivity contribution is 9.10. The van der Waals surface area contributed by atoms with Gasteiger partial charge in [-0.15, -0.1) is 0 Å². The summed E-state index contributed by atoms with van der Waals surface area (Å²) in [7, 11) is 1.58. The molecule has 4 rings (SSSR count). The topological polar surface area (TPSA) is 80.0 Å². The zero-order valence-electron chi connectivity index (χ0n) is 16.0. The lowest BCUT2D eigenvalue weighted by Crippen LogP contribution is -2.29. The van der Waals surface area contributed by atoms with Gasteiger partial charge < -0.3 is 19.2 Å². The maximum absolute atomic E-state index is 12.9. The van der Waals surface area contributed by atoms with Crippen LogP contribution in [0, 0.1) is 0 Å². The van der Waals surface area contributed by atoms with Crippen LogP contribution in [0.4, 0.5) is 0 Å². The van der Waals surface area contributed by atoms with Crippen molar-refractivity contribution in [2.75, 3.05) is 7.11 Å². The molecule has 0 saturated carbocycles. The van der Waals surface area contributed by atoms with Crippen molar-refractivity contribution < 1.29 is 23.8 Å². The molecule has 1 saturated heterocycles. The largest absolute Gasteiger partial charge is 0.507 e. The van der Waals surface area contributed by atoms with Crippen LogP contribution in [0.25, 0.3) is 5.76 Å². The van der Waals surface area contributed by atoms with Crippen molar-refractivity contribution in [1.29, 1.82) is 0 Å².